The van der Waals surface area contributed by atoms with Crippen LogP contribution >= 0.6 is 0 Å². The van der Waals surface area contributed by atoms with E-state index in [0.717, 1.165) is 29.7 Å². The molecule has 0 amide bonds. The highest BCUT2D eigenvalue weighted by atomic mass is 16.5. The van der Waals surface area contributed by atoms with Crippen LogP contribution in [0, 0.1) is 0 Å². The Kier molecular flexibility index (Phi) is 2.89. The van der Waals surface area contributed by atoms with Crippen molar-refractivity contribution in [3.8, 4) is 16.9 Å². The van der Waals surface area contributed by atoms with Gasteiger partial charge in [0.1, 0.15) is 0 Å². The lowest BCUT2D eigenvalue weighted by Gasteiger charge is -2.27. The minimum absolute atomic E-state index is 0.305. The van der Waals surface area contributed by atoms with Crippen molar-refractivity contribution < 1.29 is 4.74 Å². The zero-order valence-corrected chi connectivity index (χ0v) is 10.2. The van der Waals surface area contributed by atoms with Crippen LogP contribution < -0.4 is 10.5 Å². The minimum Gasteiger partial charge on any atom is -0.486 e. The van der Waals surface area contributed by atoms with Crippen LogP contribution in [-0.2, 0) is 0 Å². The summed E-state index contributed by atoms with van der Waals surface area (Å²) in [4.78, 5) is 4.13. The van der Waals surface area contributed by atoms with Crippen molar-refractivity contribution in [2.24, 2.45) is 0 Å². The van der Waals surface area contributed by atoms with Crippen molar-refractivity contribution >= 4 is 5.82 Å². The number of nitrogens with two attached hydrogens (primary N) is 1. The van der Waals surface area contributed by atoms with Crippen molar-refractivity contribution in [3.63, 3.8) is 0 Å². The van der Waals surface area contributed by atoms with E-state index in [9.17, 15) is 0 Å². The average Bonchev–Trinajstić information content (AvgIpc) is 2.36. The first-order chi connectivity index (χ1) is 8.84. The third-order valence-electron chi connectivity index (χ3n) is 3.35. The maximum absolute atomic E-state index is 5.98. The first kappa shape index (κ1) is 11.1. The Bertz CT molecular complexity index is 535. The van der Waals surface area contributed by atoms with Gasteiger partial charge in [-0.05, 0) is 30.9 Å². The molecular weight excluding hydrogens is 224 g/mol. The van der Waals surface area contributed by atoms with Crippen molar-refractivity contribution in [3.05, 3.63) is 42.6 Å². The van der Waals surface area contributed by atoms with Crippen LogP contribution in [0.25, 0.3) is 11.1 Å². The second kappa shape index (κ2) is 4.69. The summed E-state index contributed by atoms with van der Waals surface area (Å²) in [5, 5.41) is 0. The van der Waals surface area contributed by atoms with Gasteiger partial charge >= 0.3 is 0 Å². The van der Waals surface area contributed by atoms with Crippen molar-refractivity contribution in [1.29, 1.82) is 0 Å². The molecule has 1 heterocycles. The monoisotopic (exact) mass is 240 g/mol. The Morgan fingerprint density at radius 1 is 1.11 bits per heavy atom. The number of anilines is 1. The topological polar surface area (TPSA) is 48.1 Å². The third kappa shape index (κ3) is 2.04. The van der Waals surface area contributed by atoms with E-state index in [1.165, 1.54) is 6.42 Å². The summed E-state index contributed by atoms with van der Waals surface area (Å²) in [5.74, 6) is 1.21. The standard InChI is InChI=1S/C15H16N2O/c16-15-14(18-12-7-4-8-12)13(9-10-17-15)11-5-2-1-3-6-11/h1-3,5-6,9-10,12H,4,7-8H2,(H2,16,17). The number of rotatable bonds is 3. The van der Waals surface area contributed by atoms with Gasteiger partial charge in [0.05, 0.1) is 6.10 Å². The highest BCUT2D eigenvalue weighted by Gasteiger charge is 2.22. The van der Waals surface area contributed by atoms with Gasteiger partial charge in [-0.3, -0.25) is 0 Å². The zero-order chi connectivity index (χ0) is 12.4. The summed E-state index contributed by atoms with van der Waals surface area (Å²) in [6, 6.07) is 12.1. The lowest BCUT2D eigenvalue weighted by molar-refractivity contribution is 0.121. The predicted octanol–water partition coefficient (Wildman–Crippen LogP) is 3.26. The molecule has 0 atom stereocenters. The Hall–Kier alpha value is -2.03. The van der Waals surface area contributed by atoms with E-state index in [-0.39, 0.29) is 0 Å². The smallest absolute Gasteiger partial charge is 0.169 e. The fraction of sp³-hybridized carbons (Fsp3) is 0.267. The Balaban J connectivity index is 2.00. The molecule has 0 radical (unpaired) electrons. The van der Waals surface area contributed by atoms with Gasteiger partial charge in [-0.25, -0.2) is 4.98 Å². The molecule has 2 aromatic rings. The highest BCUT2D eigenvalue weighted by Crippen LogP contribution is 2.36. The van der Waals surface area contributed by atoms with Gasteiger partial charge in [0, 0.05) is 11.8 Å². The maximum atomic E-state index is 5.98. The molecule has 3 heteroatoms. The number of hydrogen-bond acceptors (Lipinski definition) is 3. The van der Waals surface area contributed by atoms with Gasteiger partial charge in [-0.1, -0.05) is 30.3 Å². The Labute approximate surface area is 107 Å². The number of benzene rings is 1. The molecule has 0 saturated heterocycles. The van der Waals surface area contributed by atoms with Crippen LogP contribution in [-0.4, -0.2) is 11.1 Å². The number of nitrogens with zero attached hydrogens (tertiary/aromatic N) is 1. The number of hydrogen-bond donors (Lipinski definition) is 1. The van der Waals surface area contributed by atoms with E-state index in [0.29, 0.717) is 11.9 Å². The fourth-order valence-electron chi connectivity index (χ4n) is 2.09. The van der Waals surface area contributed by atoms with Crippen LogP contribution in [0.4, 0.5) is 5.82 Å². The van der Waals surface area contributed by atoms with Crippen molar-refractivity contribution in [1.82, 2.24) is 4.98 Å². The lowest BCUT2D eigenvalue weighted by Crippen LogP contribution is -2.25. The fourth-order valence-corrected chi connectivity index (χ4v) is 2.09. The zero-order valence-electron chi connectivity index (χ0n) is 10.2. The molecule has 1 aromatic carbocycles. The van der Waals surface area contributed by atoms with E-state index in [2.05, 4.69) is 17.1 Å². The van der Waals surface area contributed by atoms with Crippen LogP contribution in [0.3, 0.4) is 0 Å². The summed E-state index contributed by atoms with van der Waals surface area (Å²) >= 11 is 0. The van der Waals surface area contributed by atoms with E-state index < -0.39 is 0 Å². The molecular formula is C15H16N2O. The molecule has 2 N–H and O–H groups in total. The molecule has 92 valence electrons. The molecule has 1 aromatic heterocycles. The van der Waals surface area contributed by atoms with Crippen LogP contribution in [0.5, 0.6) is 5.75 Å². The number of nitrogen functional groups attached to an aromatic ring is 1. The summed E-state index contributed by atoms with van der Waals surface area (Å²) in [6.07, 6.45) is 5.50. The molecule has 1 aliphatic rings. The molecule has 1 aliphatic carbocycles. The van der Waals surface area contributed by atoms with Crippen LogP contribution in [0.2, 0.25) is 0 Å². The molecule has 1 saturated carbocycles. The SMILES string of the molecule is Nc1nccc(-c2ccccc2)c1OC1CCC1. The summed E-state index contributed by atoms with van der Waals surface area (Å²) in [6.45, 7) is 0. The van der Waals surface area contributed by atoms with Gasteiger partial charge in [0.15, 0.2) is 11.6 Å². The molecule has 3 rings (SSSR count). The van der Waals surface area contributed by atoms with Gasteiger partial charge < -0.3 is 10.5 Å². The van der Waals surface area contributed by atoms with Gasteiger partial charge in [0.2, 0.25) is 0 Å². The predicted molar refractivity (Wildman–Crippen MR) is 72.4 cm³/mol. The molecule has 1 fully saturated rings. The third-order valence-corrected chi connectivity index (χ3v) is 3.35. The summed E-state index contributed by atoms with van der Waals surface area (Å²) < 4.78 is 5.98. The van der Waals surface area contributed by atoms with Crippen LogP contribution in [0.15, 0.2) is 42.6 Å². The minimum atomic E-state index is 0.305. The Morgan fingerprint density at radius 3 is 2.56 bits per heavy atom. The van der Waals surface area contributed by atoms with Gasteiger partial charge in [0.25, 0.3) is 0 Å². The van der Waals surface area contributed by atoms with Crippen LogP contribution in [0.1, 0.15) is 19.3 Å². The molecule has 18 heavy (non-hydrogen) atoms. The molecule has 0 bridgehead atoms. The first-order valence-electron chi connectivity index (χ1n) is 6.31. The molecule has 0 spiro atoms. The number of aromatic nitrogens is 1. The van der Waals surface area contributed by atoms with Crippen molar-refractivity contribution in [2.75, 3.05) is 5.73 Å². The molecule has 3 nitrogen and oxygen atoms in total. The summed E-state index contributed by atoms with van der Waals surface area (Å²) in [7, 11) is 0. The van der Waals surface area contributed by atoms with E-state index in [1.54, 1.807) is 6.20 Å². The number of pyridine rings is 1. The Morgan fingerprint density at radius 2 is 1.89 bits per heavy atom. The van der Waals surface area contributed by atoms with Gasteiger partial charge in [-0.2, -0.15) is 0 Å². The highest BCUT2D eigenvalue weighted by molar-refractivity contribution is 5.75. The van der Waals surface area contributed by atoms with Crippen molar-refractivity contribution in [2.45, 2.75) is 25.4 Å². The summed E-state index contributed by atoms with van der Waals surface area (Å²) in [5.41, 5.74) is 8.08. The normalized spacial score (nSPS) is 15.1. The second-order valence-corrected chi connectivity index (χ2v) is 4.61. The van der Waals surface area contributed by atoms with E-state index in [4.69, 9.17) is 10.5 Å². The van der Waals surface area contributed by atoms with Gasteiger partial charge in [-0.15, -0.1) is 0 Å². The lowest BCUT2D eigenvalue weighted by atomic mass is 9.96. The van der Waals surface area contributed by atoms with E-state index >= 15 is 0 Å². The largest absolute Gasteiger partial charge is 0.486 e. The first-order valence-corrected chi connectivity index (χ1v) is 6.31. The average molecular weight is 240 g/mol. The number of ether oxygens (including phenoxy) is 1. The molecule has 0 unspecified atom stereocenters. The quantitative estimate of drug-likeness (QED) is 0.895. The maximum Gasteiger partial charge on any atom is 0.169 e. The van der Waals surface area contributed by atoms with E-state index in [1.807, 2.05) is 24.3 Å². The second-order valence-electron chi connectivity index (χ2n) is 4.61. The molecule has 0 aliphatic heterocycles.